The molecule has 2 heterocycles. The van der Waals surface area contributed by atoms with Crippen LogP contribution < -0.4 is 5.32 Å². The molecule has 0 aliphatic carbocycles. The van der Waals surface area contributed by atoms with Crippen molar-refractivity contribution in [1.29, 1.82) is 0 Å². The Bertz CT molecular complexity index is 866. The summed E-state index contributed by atoms with van der Waals surface area (Å²) in [6, 6.07) is 12.4. The van der Waals surface area contributed by atoms with Crippen LogP contribution in [0.2, 0.25) is 0 Å². The van der Waals surface area contributed by atoms with Crippen molar-refractivity contribution < 1.29 is 9.59 Å². The number of likely N-dealkylation sites (tertiary alicyclic amines) is 1. The minimum atomic E-state index is -0.598. The molecule has 3 rings (SSSR count). The molecule has 2 amide bonds. The van der Waals surface area contributed by atoms with E-state index in [2.05, 4.69) is 28.5 Å². The van der Waals surface area contributed by atoms with Crippen LogP contribution in [0, 0.1) is 5.41 Å². The predicted molar refractivity (Wildman–Crippen MR) is 120 cm³/mol. The molecule has 1 aliphatic rings. The molecule has 5 nitrogen and oxygen atoms in total. The van der Waals surface area contributed by atoms with Crippen LogP contribution >= 0.6 is 0 Å². The third kappa shape index (κ3) is 5.26. The molecule has 5 heteroatoms. The van der Waals surface area contributed by atoms with Gasteiger partial charge in [-0.2, -0.15) is 0 Å². The molecule has 1 aliphatic heterocycles. The van der Waals surface area contributed by atoms with Gasteiger partial charge in [0.2, 0.25) is 11.8 Å². The van der Waals surface area contributed by atoms with Crippen molar-refractivity contribution in [2.45, 2.75) is 58.9 Å². The van der Waals surface area contributed by atoms with Crippen molar-refractivity contribution >= 4 is 11.8 Å². The summed E-state index contributed by atoms with van der Waals surface area (Å²) in [6.45, 7) is 7.21. The van der Waals surface area contributed by atoms with Gasteiger partial charge in [-0.25, -0.2) is 0 Å². The molecule has 0 saturated carbocycles. The van der Waals surface area contributed by atoms with E-state index in [0.717, 1.165) is 42.5 Å². The molecule has 2 aromatic rings. The van der Waals surface area contributed by atoms with Crippen molar-refractivity contribution in [2.75, 3.05) is 13.1 Å². The fourth-order valence-corrected chi connectivity index (χ4v) is 4.33. The maximum atomic E-state index is 13.4. The van der Waals surface area contributed by atoms with Gasteiger partial charge in [-0.1, -0.05) is 37.3 Å². The third-order valence-electron chi connectivity index (χ3n) is 5.76. The number of carbonyl (C=O) groups is 2. The number of carbonyl (C=O) groups excluding carboxylic acids is 2. The number of benzene rings is 1. The second kappa shape index (κ2) is 9.88. The number of aromatic nitrogens is 1. The lowest BCUT2D eigenvalue weighted by atomic mass is 9.73. The van der Waals surface area contributed by atoms with Gasteiger partial charge in [0, 0.05) is 37.9 Å². The highest BCUT2D eigenvalue weighted by Gasteiger charge is 2.43. The van der Waals surface area contributed by atoms with Crippen LogP contribution in [-0.2, 0) is 16.0 Å². The van der Waals surface area contributed by atoms with E-state index in [4.69, 9.17) is 0 Å². The molecule has 160 valence electrons. The summed E-state index contributed by atoms with van der Waals surface area (Å²) in [5.41, 5.74) is 2.66. The zero-order valence-corrected chi connectivity index (χ0v) is 18.4. The van der Waals surface area contributed by atoms with E-state index in [1.807, 2.05) is 50.1 Å². The zero-order valence-electron chi connectivity index (χ0n) is 18.4. The average Bonchev–Trinajstić information content (AvgIpc) is 2.74. The first-order valence-electron chi connectivity index (χ1n) is 11.0. The highest BCUT2D eigenvalue weighted by atomic mass is 16.2. The molecular formula is C25H33N3O2. The fourth-order valence-electron chi connectivity index (χ4n) is 4.33. The second-order valence-electron chi connectivity index (χ2n) is 8.70. The number of rotatable bonds is 7. The number of hydrogen-bond donors (Lipinski definition) is 1. The molecule has 1 aromatic carbocycles. The standard InChI is InChI=1S/C25H33N3O2/c1-4-8-23(29)28-14-7-12-25(18-28,24(30)27-19(2)3)16-20-9-5-10-21(15-20)22-11-6-13-26-17-22/h5-6,9-11,13,15,17,19H,4,7-8,12,14,16,18H2,1-3H3,(H,27,30). The van der Waals surface area contributed by atoms with E-state index in [-0.39, 0.29) is 17.9 Å². The van der Waals surface area contributed by atoms with Crippen LogP contribution in [-0.4, -0.2) is 40.8 Å². The monoisotopic (exact) mass is 407 g/mol. The van der Waals surface area contributed by atoms with E-state index in [9.17, 15) is 9.59 Å². The zero-order chi connectivity index (χ0) is 21.6. The van der Waals surface area contributed by atoms with Gasteiger partial charge in [-0.3, -0.25) is 14.6 Å². The van der Waals surface area contributed by atoms with E-state index in [0.29, 0.717) is 19.4 Å². The van der Waals surface area contributed by atoms with Crippen LogP contribution in [0.4, 0.5) is 0 Å². The maximum Gasteiger partial charge on any atom is 0.228 e. The number of nitrogens with one attached hydrogen (secondary N) is 1. The Morgan fingerprint density at radius 2 is 2.00 bits per heavy atom. The molecule has 1 saturated heterocycles. The van der Waals surface area contributed by atoms with Crippen molar-refractivity contribution in [2.24, 2.45) is 5.41 Å². The van der Waals surface area contributed by atoms with Gasteiger partial charge < -0.3 is 10.2 Å². The number of piperidine rings is 1. The molecule has 1 unspecified atom stereocenters. The summed E-state index contributed by atoms with van der Waals surface area (Å²) in [6.07, 6.45) is 7.25. The van der Waals surface area contributed by atoms with Gasteiger partial charge in [0.1, 0.15) is 0 Å². The highest BCUT2D eigenvalue weighted by Crippen LogP contribution is 2.35. The van der Waals surface area contributed by atoms with Crippen LogP contribution in [0.3, 0.4) is 0 Å². The quantitative estimate of drug-likeness (QED) is 0.747. The summed E-state index contributed by atoms with van der Waals surface area (Å²) >= 11 is 0. The van der Waals surface area contributed by atoms with Crippen LogP contribution in [0.15, 0.2) is 48.8 Å². The molecule has 1 N–H and O–H groups in total. The van der Waals surface area contributed by atoms with Gasteiger partial charge >= 0.3 is 0 Å². The smallest absolute Gasteiger partial charge is 0.228 e. The van der Waals surface area contributed by atoms with Crippen molar-refractivity contribution in [1.82, 2.24) is 15.2 Å². The maximum absolute atomic E-state index is 13.4. The molecular weight excluding hydrogens is 374 g/mol. The highest BCUT2D eigenvalue weighted by molar-refractivity contribution is 5.85. The first kappa shape index (κ1) is 22.0. The van der Waals surface area contributed by atoms with Crippen LogP contribution in [0.25, 0.3) is 11.1 Å². The lowest BCUT2D eigenvalue weighted by Crippen LogP contribution is -2.55. The predicted octanol–water partition coefficient (Wildman–Crippen LogP) is 4.22. The Labute approximate surface area is 179 Å². The van der Waals surface area contributed by atoms with E-state index in [1.54, 1.807) is 6.20 Å². The number of nitrogens with zero attached hydrogens (tertiary/aromatic N) is 2. The minimum Gasteiger partial charge on any atom is -0.353 e. The number of hydrogen-bond acceptors (Lipinski definition) is 3. The van der Waals surface area contributed by atoms with Gasteiger partial charge in [-0.15, -0.1) is 0 Å². The van der Waals surface area contributed by atoms with Gasteiger partial charge in [0.05, 0.1) is 5.41 Å². The Hall–Kier alpha value is -2.69. The second-order valence-corrected chi connectivity index (χ2v) is 8.70. The van der Waals surface area contributed by atoms with Crippen molar-refractivity contribution in [3.63, 3.8) is 0 Å². The van der Waals surface area contributed by atoms with Gasteiger partial charge in [-0.05, 0) is 62.3 Å². The first-order chi connectivity index (χ1) is 14.4. The van der Waals surface area contributed by atoms with Crippen LogP contribution in [0.1, 0.15) is 52.0 Å². The normalized spacial score (nSPS) is 19.0. The lowest BCUT2D eigenvalue weighted by molar-refractivity contribution is -0.142. The number of amides is 2. The van der Waals surface area contributed by atoms with E-state index < -0.39 is 5.41 Å². The fraction of sp³-hybridized carbons (Fsp3) is 0.480. The minimum absolute atomic E-state index is 0.0540. The third-order valence-corrected chi connectivity index (χ3v) is 5.76. The summed E-state index contributed by atoms with van der Waals surface area (Å²) in [5.74, 6) is 0.210. The van der Waals surface area contributed by atoms with Crippen LogP contribution in [0.5, 0.6) is 0 Å². The Balaban J connectivity index is 1.90. The molecule has 0 spiro atoms. The molecule has 1 aromatic heterocycles. The van der Waals surface area contributed by atoms with E-state index in [1.165, 1.54) is 0 Å². The SMILES string of the molecule is CCCC(=O)N1CCCC(Cc2cccc(-c3cccnc3)c2)(C(=O)NC(C)C)C1. The summed E-state index contributed by atoms with van der Waals surface area (Å²) in [4.78, 5) is 32.1. The molecule has 1 fully saturated rings. The lowest BCUT2D eigenvalue weighted by Gasteiger charge is -2.42. The van der Waals surface area contributed by atoms with Crippen molar-refractivity contribution in [3.8, 4) is 11.1 Å². The average molecular weight is 408 g/mol. The first-order valence-corrected chi connectivity index (χ1v) is 11.0. The van der Waals surface area contributed by atoms with Crippen molar-refractivity contribution in [3.05, 3.63) is 54.4 Å². The largest absolute Gasteiger partial charge is 0.353 e. The Morgan fingerprint density at radius 3 is 2.70 bits per heavy atom. The molecule has 1 atom stereocenters. The number of pyridine rings is 1. The summed E-state index contributed by atoms with van der Waals surface area (Å²) in [5, 5.41) is 3.12. The topological polar surface area (TPSA) is 62.3 Å². The van der Waals surface area contributed by atoms with E-state index >= 15 is 0 Å². The van der Waals surface area contributed by atoms with Gasteiger partial charge in [0.25, 0.3) is 0 Å². The van der Waals surface area contributed by atoms with Gasteiger partial charge in [0.15, 0.2) is 0 Å². The molecule has 30 heavy (non-hydrogen) atoms. The summed E-state index contributed by atoms with van der Waals surface area (Å²) < 4.78 is 0. The molecule has 0 radical (unpaired) electrons. The Morgan fingerprint density at radius 1 is 1.20 bits per heavy atom. The Kier molecular flexibility index (Phi) is 7.24. The summed E-state index contributed by atoms with van der Waals surface area (Å²) in [7, 11) is 0. The molecule has 0 bridgehead atoms.